The summed E-state index contributed by atoms with van der Waals surface area (Å²) in [6.45, 7) is 5.58. The Kier molecular flexibility index (Phi) is 4.06. The molecule has 4 nitrogen and oxygen atoms in total. The van der Waals surface area contributed by atoms with Gasteiger partial charge in [0.05, 0.1) is 12.0 Å². The van der Waals surface area contributed by atoms with Crippen molar-refractivity contribution in [1.29, 1.82) is 0 Å². The molecule has 88 valence electrons. The number of hydrogen-bond acceptors (Lipinski definition) is 5. The van der Waals surface area contributed by atoms with Crippen LogP contribution in [0.15, 0.2) is 22.7 Å². The van der Waals surface area contributed by atoms with Gasteiger partial charge in [0.2, 0.25) is 5.71 Å². The fourth-order valence-electron chi connectivity index (χ4n) is 0.875. The summed E-state index contributed by atoms with van der Waals surface area (Å²) in [4.78, 5) is 17.5. The van der Waals surface area contributed by atoms with Gasteiger partial charge in [-0.2, -0.15) is 0 Å². The summed E-state index contributed by atoms with van der Waals surface area (Å²) < 4.78 is 4.66. The Morgan fingerprint density at radius 2 is 2.12 bits per heavy atom. The Balaban J connectivity index is 2.93. The van der Waals surface area contributed by atoms with Gasteiger partial charge in [0.15, 0.2) is 0 Å². The molecule has 16 heavy (non-hydrogen) atoms. The maximum absolute atomic E-state index is 11.5. The Hall–Kier alpha value is -1.36. The topological polar surface area (TPSA) is 47.9 Å². The van der Waals surface area contributed by atoms with Crippen LogP contribution >= 0.6 is 11.3 Å². The van der Waals surface area contributed by atoms with E-state index in [0.717, 1.165) is 4.88 Å². The number of methoxy groups -OCH3 is 1. The Bertz CT molecular complexity index is 376. The van der Waals surface area contributed by atoms with Gasteiger partial charge in [0.1, 0.15) is 5.60 Å². The molecule has 0 atom stereocenters. The first-order valence-corrected chi connectivity index (χ1v) is 5.70. The van der Waals surface area contributed by atoms with Gasteiger partial charge in [-0.05, 0) is 32.2 Å². The fraction of sp³-hybridized carbons (Fsp3) is 0.455. The summed E-state index contributed by atoms with van der Waals surface area (Å²) >= 11 is 1.41. The van der Waals surface area contributed by atoms with E-state index in [9.17, 15) is 4.79 Å². The van der Waals surface area contributed by atoms with Crippen LogP contribution in [0, 0.1) is 0 Å². The van der Waals surface area contributed by atoms with E-state index in [1.165, 1.54) is 18.4 Å². The zero-order chi connectivity index (χ0) is 12.2. The average molecular weight is 241 g/mol. The number of thiophene rings is 1. The molecule has 1 heterocycles. The Labute approximate surface area is 98.9 Å². The van der Waals surface area contributed by atoms with Crippen LogP contribution in [-0.4, -0.2) is 24.4 Å². The fourth-order valence-corrected chi connectivity index (χ4v) is 1.57. The molecular formula is C11H15NO3S. The summed E-state index contributed by atoms with van der Waals surface area (Å²) in [5.74, 6) is -0.494. The highest BCUT2D eigenvalue weighted by atomic mass is 32.1. The van der Waals surface area contributed by atoms with Crippen molar-refractivity contribution in [3.05, 3.63) is 22.4 Å². The predicted octanol–water partition coefficient (Wildman–Crippen LogP) is 2.44. The van der Waals surface area contributed by atoms with E-state index in [0.29, 0.717) is 0 Å². The zero-order valence-electron chi connectivity index (χ0n) is 9.81. The molecule has 0 bridgehead atoms. The van der Waals surface area contributed by atoms with E-state index in [4.69, 9.17) is 4.84 Å². The quantitative estimate of drug-likeness (QED) is 0.464. The van der Waals surface area contributed by atoms with Crippen molar-refractivity contribution >= 4 is 23.0 Å². The minimum atomic E-state index is -0.494. The van der Waals surface area contributed by atoms with Gasteiger partial charge in [0, 0.05) is 0 Å². The molecule has 5 heteroatoms. The first-order valence-electron chi connectivity index (χ1n) is 4.82. The van der Waals surface area contributed by atoms with Crippen molar-refractivity contribution in [2.75, 3.05) is 7.11 Å². The number of nitrogens with zero attached hydrogens (tertiary/aromatic N) is 1. The summed E-state index contributed by atoms with van der Waals surface area (Å²) in [6.07, 6.45) is 0. The highest BCUT2D eigenvalue weighted by Crippen LogP contribution is 2.14. The molecule has 1 aromatic rings. The molecule has 1 rings (SSSR count). The smallest absolute Gasteiger partial charge is 0.361 e. The number of oxime groups is 1. The summed E-state index contributed by atoms with van der Waals surface area (Å²) in [5, 5.41) is 5.73. The second kappa shape index (κ2) is 5.12. The predicted molar refractivity (Wildman–Crippen MR) is 63.7 cm³/mol. The Morgan fingerprint density at radius 1 is 1.44 bits per heavy atom. The summed E-state index contributed by atoms with van der Waals surface area (Å²) in [5.41, 5.74) is -0.233. The second-order valence-electron chi connectivity index (χ2n) is 4.11. The third-order valence-corrected chi connectivity index (χ3v) is 2.42. The van der Waals surface area contributed by atoms with E-state index in [2.05, 4.69) is 9.89 Å². The van der Waals surface area contributed by atoms with Crippen molar-refractivity contribution in [2.45, 2.75) is 26.4 Å². The number of carbonyl (C=O) groups excluding carboxylic acids is 1. The van der Waals surface area contributed by atoms with Crippen LogP contribution in [0.25, 0.3) is 0 Å². The van der Waals surface area contributed by atoms with Crippen molar-refractivity contribution in [1.82, 2.24) is 0 Å². The molecule has 0 saturated carbocycles. The SMILES string of the molecule is COC(=O)C(=NOC(C)(C)C)c1cccs1. The lowest BCUT2D eigenvalue weighted by molar-refractivity contribution is -0.133. The van der Waals surface area contributed by atoms with Crippen LogP contribution in [-0.2, 0) is 14.4 Å². The van der Waals surface area contributed by atoms with Crippen molar-refractivity contribution in [3.8, 4) is 0 Å². The van der Waals surface area contributed by atoms with E-state index in [1.807, 2.05) is 32.2 Å². The maximum atomic E-state index is 11.5. The molecule has 0 aliphatic rings. The number of hydrogen-bond donors (Lipinski definition) is 0. The number of esters is 1. The molecular weight excluding hydrogens is 226 g/mol. The van der Waals surface area contributed by atoms with Gasteiger partial charge in [-0.15, -0.1) is 11.3 Å². The third-order valence-electron chi connectivity index (χ3n) is 1.54. The molecule has 0 aliphatic carbocycles. The van der Waals surface area contributed by atoms with Crippen LogP contribution in [0.2, 0.25) is 0 Å². The molecule has 0 amide bonds. The van der Waals surface area contributed by atoms with Crippen LogP contribution in [0.3, 0.4) is 0 Å². The van der Waals surface area contributed by atoms with Gasteiger partial charge in [-0.3, -0.25) is 0 Å². The molecule has 0 fully saturated rings. The minimum absolute atomic E-state index is 0.201. The van der Waals surface area contributed by atoms with E-state index in [1.54, 1.807) is 6.07 Å². The number of rotatable bonds is 3. The molecule has 0 N–H and O–H groups in total. The lowest BCUT2D eigenvalue weighted by Gasteiger charge is -2.16. The van der Waals surface area contributed by atoms with E-state index < -0.39 is 11.6 Å². The van der Waals surface area contributed by atoms with Crippen LogP contribution in [0.1, 0.15) is 25.6 Å². The van der Waals surface area contributed by atoms with Gasteiger partial charge in [-0.25, -0.2) is 4.79 Å². The lowest BCUT2D eigenvalue weighted by atomic mass is 10.2. The highest BCUT2D eigenvalue weighted by molar-refractivity contribution is 7.13. The second-order valence-corrected chi connectivity index (χ2v) is 5.06. The standard InChI is InChI=1S/C11H15NO3S/c1-11(2,3)15-12-9(10(13)14-4)8-6-5-7-16-8/h5-7H,1-4H3. The first-order chi connectivity index (χ1) is 7.44. The van der Waals surface area contributed by atoms with Crippen molar-refractivity contribution in [3.63, 3.8) is 0 Å². The normalized spacial score (nSPS) is 12.4. The van der Waals surface area contributed by atoms with Gasteiger partial charge < -0.3 is 9.57 Å². The van der Waals surface area contributed by atoms with Crippen molar-refractivity contribution in [2.24, 2.45) is 5.16 Å². The molecule has 0 saturated heterocycles. The van der Waals surface area contributed by atoms with Crippen LogP contribution in [0.5, 0.6) is 0 Å². The maximum Gasteiger partial charge on any atom is 0.361 e. The molecule has 0 unspecified atom stereocenters. The monoisotopic (exact) mass is 241 g/mol. The number of carbonyl (C=O) groups is 1. The number of ether oxygens (including phenoxy) is 1. The average Bonchev–Trinajstić information content (AvgIpc) is 2.69. The third kappa shape index (κ3) is 3.66. The van der Waals surface area contributed by atoms with Gasteiger partial charge in [0.25, 0.3) is 0 Å². The summed E-state index contributed by atoms with van der Waals surface area (Å²) in [7, 11) is 1.32. The largest absolute Gasteiger partial charge is 0.464 e. The zero-order valence-corrected chi connectivity index (χ0v) is 10.6. The molecule has 0 radical (unpaired) electrons. The van der Waals surface area contributed by atoms with Crippen LogP contribution < -0.4 is 0 Å². The summed E-state index contributed by atoms with van der Waals surface area (Å²) in [6, 6.07) is 3.64. The van der Waals surface area contributed by atoms with Crippen LogP contribution in [0.4, 0.5) is 0 Å². The molecule has 0 spiro atoms. The Morgan fingerprint density at radius 3 is 2.56 bits per heavy atom. The lowest BCUT2D eigenvalue weighted by Crippen LogP contribution is -2.21. The van der Waals surface area contributed by atoms with Crippen molar-refractivity contribution < 1.29 is 14.4 Å². The first kappa shape index (κ1) is 12.7. The molecule has 1 aromatic heterocycles. The highest BCUT2D eigenvalue weighted by Gasteiger charge is 2.19. The van der Waals surface area contributed by atoms with E-state index in [-0.39, 0.29) is 5.71 Å². The van der Waals surface area contributed by atoms with Gasteiger partial charge >= 0.3 is 5.97 Å². The molecule has 0 aliphatic heterocycles. The minimum Gasteiger partial charge on any atom is -0.464 e. The molecule has 0 aromatic carbocycles. The van der Waals surface area contributed by atoms with Gasteiger partial charge in [-0.1, -0.05) is 11.2 Å². The van der Waals surface area contributed by atoms with E-state index >= 15 is 0 Å².